The van der Waals surface area contributed by atoms with Crippen LogP contribution in [0.4, 0.5) is 10.5 Å². The number of amides is 4. The van der Waals surface area contributed by atoms with E-state index in [1.165, 1.54) is 0 Å². The van der Waals surface area contributed by atoms with Gasteiger partial charge in [0.25, 0.3) is 5.91 Å². The van der Waals surface area contributed by atoms with Crippen LogP contribution in [0, 0.1) is 0 Å². The van der Waals surface area contributed by atoms with Crippen molar-refractivity contribution in [1.29, 1.82) is 0 Å². The van der Waals surface area contributed by atoms with Crippen LogP contribution in [0.15, 0.2) is 66.7 Å². The smallest absolute Gasteiger partial charge is 0.319 e. The molecule has 4 amide bonds. The third-order valence-electron chi connectivity index (χ3n) is 6.37. The van der Waals surface area contributed by atoms with Gasteiger partial charge in [0.1, 0.15) is 12.1 Å². The minimum atomic E-state index is -1.23. The summed E-state index contributed by atoms with van der Waals surface area (Å²) in [7, 11) is 0. The SMILES string of the molecule is C[C@H]1Cc2ccccc2N1C(=O)CN1C(=O)N[C@@](C)(c2cccc3ccccc23)C1=O. The lowest BCUT2D eigenvalue weighted by Crippen LogP contribution is -2.46. The molecule has 0 aliphatic carbocycles. The van der Waals surface area contributed by atoms with Gasteiger partial charge in [0.05, 0.1) is 0 Å². The minimum Gasteiger partial charge on any atom is -0.319 e. The van der Waals surface area contributed by atoms with Crippen LogP contribution in [0.25, 0.3) is 10.8 Å². The molecule has 2 aliphatic heterocycles. The number of nitrogens with zero attached hydrogens (tertiary/aromatic N) is 2. The second-order valence-electron chi connectivity index (χ2n) is 8.42. The predicted molar refractivity (Wildman–Crippen MR) is 119 cm³/mol. The third kappa shape index (κ3) is 2.90. The van der Waals surface area contributed by atoms with E-state index < -0.39 is 17.5 Å². The highest BCUT2D eigenvalue weighted by molar-refractivity contribution is 6.12. The van der Waals surface area contributed by atoms with Crippen molar-refractivity contribution >= 4 is 34.3 Å². The van der Waals surface area contributed by atoms with Crippen LogP contribution in [0.1, 0.15) is 25.0 Å². The zero-order chi connectivity index (χ0) is 21.8. The van der Waals surface area contributed by atoms with Crippen molar-refractivity contribution in [2.45, 2.75) is 31.8 Å². The number of para-hydroxylation sites is 1. The van der Waals surface area contributed by atoms with Crippen LogP contribution in [-0.4, -0.2) is 35.3 Å². The summed E-state index contributed by atoms with van der Waals surface area (Å²) in [4.78, 5) is 42.2. The van der Waals surface area contributed by atoms with Crippen molar-refractivity contribution in [3.05, 3.63) is 77.9 Å². The molecule has 0 saturated carbocycles. The number of urea groups is 1. The first kappa shape index (κ1) is 19.3. The molecule has 2 heterocycles. The lowest BCUT2D eigenvalue weighted by atomic mass is 9.88. The normalized spacial score (nSPS) is 22.7. The first-order valence-electron chi connectivity index (χ1n) is 10.4. The maximum absolute atomic E-state index is 13.4. The van der Waals surface area contributed by atoms with Crippen molar-refractivity contribution in [3.63, 3.8) is 0 Å². The number of nitrogens with one attached hydrogen (secondary N) is 1. The molecule has 0 spiro atoms. The summed E-state index contributed by atoms with van der Waals surface area (Å²) >= 11 is 0. The summed E-state index contributed by atoms with van der Waals surface area (Å²) in [6.45, 7) is 3.39. The van der Waals surface area contributed by atoms with E-state index in [2.05, 4.69) is 5.32 Å². The summed E-state index contributed by atoms with van der Waals surface area (Å²) in [5.41, 5.74) is 1.44. The fourth-order valence-electron chi connectivity index (χ4n) is 4.84. The molecular formula is C25H23N3O3. The number of anilines is 1. The topological polar surface area (TPSA) is 69.7 Å². The summed E-state index contributed by atoms with van der Waals surface area (Å²) in [5.74, 6) is -0.676. The highest BCUT2D eigenvalue weighted by Gasteiger charge is 2.50. The average molecular weight is 413 g/mol. The Kier molecular flexibility index (Phi) is 4.32. The zero-order valence-corrected chi connectivity index (χ0v) is 17.5. The fourth-order valence-corrected chi connectivity index (χ4v) is 4.84. The average Bonchev–Trinajstić information content (AvgIpc) is 3.21. The molecule has 1 fully saturated rings. The Morgan fingerprint density at radius 1 is 1.03 bits per heavy atom. The highest BCUT2D eigenvalue weighted by Crippen LogP contribution is 2.35. The number of rotatable bonds is 3. The van der Waals surface area contributed by atoms with Gasteiger partial charge in [0.15, 0.2) is 0 Å². The van der Waals surface area contributed by atoms with E-state index in [1.54, 1.807) is 11.8 Å². The van der Waals surface area contributed by atoms with Gasteiger partial charge in [-0.05, 0) is 48.2 Å². The van der Waals surface area contributed by atoms with Gasteiger partial charge in [-0.25, -0.2) is 4.79 Å². The molecule has 1 N–H and O–H groups in total. The van der Waals surface area contributed by atoms with Gasteiger partial charge < -0.3 is 10.2 Å². The van der Waals surface area contributed by atoms with Gasteiger partial charge in [-0.3, -0.25) is 14.5 Å². The number of hydrogen-bond donors (Lipinski definition) is 1. The largest absolute Gasteiger partial charge is 0.325 e. The first-order valence-corrected chi connectivity index (χ1v) is 10.4. The molecule has 0 aromatic heterocycles. The van der Waals surface area contributed by atoms with Crippen molar-refractivity contribution in [1.82, 2.24) is 10.2 Å². The lowest BCUT2D eigenvalue weighted by molar-refractivity contribution is -0.134. The Bertz CT molecular complexity index is 1230. The van der Waals surface area contributed by atoms with E-state index in [4.69, 9.17) is 0 Å². The molecule has 3 aromatic rings. The van der Waals surface area contributed by atoms with Gasteiger partial charge >= 0.3 is 6.03 Å². The van der Waals surface area contributed by atoms with Gasteiger partial charge in [-0.2, -0.15) is 0 Å². The van der Waals surface area contributed by atoms with Crippen molar-refractivity contribution in [3.8, 4) is 0 Å². The highest BCUT2D eigenvalue weighted by atomic mass is 16.2. The molecule has 6 heteroatoms. The molecular weight excluding hydrogens is 390 g/mol. The second-order valence-corrected chi connectivity index (χ2v) is 8.42. The molecule has 6 nitrogen and oxygen atoms in total. The summed E-state index contributed by atoms with van der Waals surface area (Å²) in [6.07, 6.45) is 0.760. The van der Waals surface area contributed by atoms with E-state index in [0.29, 0.717) is 0 Å². The lowest BCUT2D eigenvalue weighted by Gasteiger charge is -2.26. The van der Waals surface area contributed by atoms with Crippen LogP contribution < -0.4 is 10.2 Å². The van der Waals surface area contributed by atoms with Crippen LogP contribution in [0.3, 0.4) is 0 Å². The Morgan fingerprint density at radius 2 is 1.74 bits per heavy atom. The molecule has 156 valence electrons. The summed E-state index contributed by atoms with van der Waals surface area (Å²) in [5, 5.41) is 4.72. The molecule has 3 aromatic carbocycles. The molecule has 0 unspecified atom stereocenters. The van der Waals surface area contributed by atoms with Gasteiger partial charge in [-0.1, -0.05) is 60.7 Å². The molecule has 5 rings (SSSR count). The Hall–Kier alpha value is -3.67. The van der Waals surface area contributed by atoms with E-state index in [0.717, 1.165) is 38.9 Å². The van der Waals surface area contributed by atoms with Crippen LogP contribution >= 0.6 is 0 Å². The molecule has 1 saturated heterocycles. The number of benzene rings is 3. The van der Waals surface area contributed by atoms with Crippen LogP contribution in [0.5, 0.6) is 0 Å². The monoisotopic (exact) mass is 413 g/mol. The van der Waals surface area contributed by atoms with Crippen LogP contribution in [0.2, 0.25) is 0 Å². The standard InChI is InChI=1S/C25H23N3O3/c1-16-14-18-9-4-6-13-21(18)28(16)22(29)15-27-23(30)25(2,26-24(27)31)20-12-7-10-17-8-3-5-11-19(17)20/h3-13,16H,14-15H2,1-2H3,(H,26,31)/t16-,25-/m0/s1. The Balaban J connectivity index is 1.45. The minimum absolute atomic E-state index is 0.0184. The van der Waals surface area contributed by atoms with Crippen molar-refractivity contribution in [2.75, 3.05) is 11.4 Å². The molecule has 2 aliphatic rings. The van der Waals surface area contributed by atoms with Crippen LogP contribution in [-0.2, 0) is 21.5 Å². The van der Waals surface area contributed by atoms with E-state index in [1.807, 2.05) is 73.7 Å². The van der Waals surface area contributed by atoms with Gasteiger partial charge in [0, 0.05) is 11.7 Å². The molecule has 31 heavy (non-hydrogen) atoms. The van der Waals surface area contributed by atoms with E-state index in [9.17, 15) is 14.4 Å². The number of fused-ring (bicyclic) bond motifs is 2. The number of imide groups is 1. The van der Waals surface area contributed by atoms with Crippen molar-refractivity contribution in [2.24, 2.45) is 0 Å². The third-order valence-corrected chi connectivity index (χ3v) is 6.37. The number of hydrogen-bond acceptors (Lipinski definition) is 3. The number of carbonyl (C=O) groups excluding carboxylic acids is 3. The quantitative estimate of drug-likeness (QED) is 0.667. The van der Waals surface area contributed by atoms with E-state index >= 15 is 0 Å². The molecule has 0 radical (unpaired) electrons. The Morgan fingerprint density at radius 3 is 2.58 bits per heavy atom. The van der Waals surface area contributed by atoms with Gasteiger partial charge in [-0.15, -0.1) is 0 Å². The second kappa shape index (κ2) is 6.94. The van der Waals surface area contributed by atoms with E-state index in [-0.39, 0.29) is 18.5 Å². The first-order chi connectivity index (χ1) is 14.9. The van der Waals surface area contributed by atoms with Crippen molar-refractivity contribution < 1.29 is 14.4 Å². The predicted octanol–water partition coefficient (Wildman–Crippen LogP) is 3.58. The summed E-state index contributed by atoms with van der Waals surface area (Å²) < 4.78 is 0. The zero-order valence-electron chi connectivity index (χ0n) is 17.5. The van der Waals surface area contributed by atoms with Gasteiger partial charge in [0.2, 0.25) is 5.91 Å². The summed E-state index contributed by atoms with van der Waals surface area (Å²) in [6, 6.07) is 20.6. The maximum atomic E-state index is 13.4. The molecule has 2 atom stereocenters. The maximum Gasteiger partial charge on any atom is 0.325 e. The molecule has 0 bridgehead atoms. The fraction of sp³-hybridized carbons (Fsp3) is 0.240. The number of carbonyl (C=O) groups is 3. The Labute approximate surface area is 180 Å².